The van der Waals surface area contributed by atoms with E-state index in [2.05, 4.69) is 41.2 Å². The Balaban J connectivity index is 1.51. The summed E-state index contributed by atoms with van der Waals surface area (Å²) in [4.78, 5) is 6.83. The van der Waals surface area contributed by atoms with Crippen molar-refractivity contribution >= 4 is 0 Å². The summed E-state index contributed by atoms with van der Waals surface area (Å²) >= 11 is 0. The van der Waals surface area contributed by atoms with E-state index < -0.39 is 0 Å². The van der Waals surface area contributed by atoms with Crippen LogP contribution in [0.3, 0.4) is 0 Å². The summed E-state index contributed by atoms with van der Waals surface area (Å²) in [6.07, 6.45) is 5.46. The maximum atomic E-state index is 5.97. The number of fused-ring (bicyclic) bond motifs is 1. The van der Waals surface area contributed by atoms with Gasteiger partial charge in [-0.2, -0.15) is 0 Å². The molecule has 0 fully saturated rings. The van der Waals surface area contributed by atoms with Crippen molar-refractivity contribution in [3.8, 4) is 11.3 Å². The molecule has 1 aromatic heterocycles. The maximum absolute atomic E-state index is 5.97. The average molecular weight is 318 g/mol. The van der Waals surface area contributed by atoms with Gasteiger partial charge in [0.2, 0.25) is 5.89 Å². The Hall–Kier alpha value is -2.39. The Bertz CT molecular complexity index is 809. The molecule has 0 unspecified atom stereocenters. The summed E-state index contributed by atoms with van der Waals surface area (Å²) in [6.45, 7) is 0.728. The molecule has 4 rings (SSSR count). The molecule has 24 heavy (non-hydrogen) atoms. The molecule has 0 aliphatic heterocycles. The van der Waals surface area contributed by atoms with Gasteiger partial charge in [-0.05, 0) is 37.4 Å². The zero-order chi connectivity index (χ0) is 16.4. The molecular formula is C21H22N2O. The van der Waals surface area contributed by atoms with Crippen molar-refractivity contribution < 1.29 is 4.42 Å². The molecule has 1 atom stereocenters. The molecule has 0 bridgehead atoms. The monoisotopic (exact) mass is 318 g/mol. The van der Waals surface area contributed by atoms with E-state index in [4.69, 9.17) is 4.42 Å². The number of nitrogens with zero attached hydrogens (tertiary/aromatic N) is 2. The molecule has 0 N–H and O–H groups in total. The Morgan fingerprint density at radius 2 is 1.88 bits per heavy atom. The second-order valence-electron chi connectivity index (χ2n) is 6.51. The SMILES string of the molecule is CN(Cc1ncc(-c2ccccc2)o1)[C@@H]1CCCc2ccccc21. The lowest BCUT2D eigenvalue weighted by Gasteiger charge is -2.32. The zero-order valence-corrected chi connectivity index (χ0v) is 14.0. The smallest absolute Gasteiger partial charge is 0.209 e. The van der Waals surface area contributed by atoms with Crippen LogP contribution in [0.15, 0.2) is 65.2 Å². The number of aromatic nitrogens is 1. The van der Waals surface area contributed by atoms with Crippen LogP contribution < -0.4 is 0 Å². The molecule has 3 heteroatoms. The minimum Gasteiger partial charge on any atom is -0.439 e. The number of aryl methyl sites for hydroxylation is 1. The summed E-state index contributed by atoms with van der Waals surface area (Å²) < 4.78 is 5.97. The van der Waals surface area contributed by atoms with Gasteiger partial charge in [0.05, 0.1) is 12.7 Å². The molecule has 0 radical (unpaired) electrons. The standard InChI is InChI=1S/C21H22N2O/c1-23(19-13-7-11-16-8-5-6-12-18(16)19)15-21-22-14-20(24-21)17-9-3-2-4-10-17/h2-6,8-10,12,14,19H,7,11,13,15H2,1H3/t19-/m1/s1. The fourth-order valence-electron chi connectivity index (χ4n) is 3.63. The molecule has 0 amide bonds. The van der Waals surface area contributed by atoms with E-state index >= 15 is 0 Å². The van der Waals surface area contributed by atoms with E-state index in [1.807, 2.05) is 36.5 Å². The van der Waals surface area contributed by atoms with Gasteiger partial charge in [-0.1, -0.05) is 54.6 Å². The first-order valence-electron chi connectivity index (χ1n) is 8.59. The van der Waals surface area contributed by atoms with Gasteiger partial charge in [-0.15, -0.1) is 0 Å². The first kappa shape index (κ1) is 15.2. The predicted molar refractivity (Wildman–Crippen MR) is 95.5 cm³/mol. The second kappa shape index (κ2) is 6.62. The highest BCUT2D eigenvalue weighted by Crippen LogP contribution is 2.34. The van der Waals surface area contributed by atoms with Crippen molar-refractivity contribution in [1.82, 2.24) is 9.88 Å². The van der Waals surface area contributed by atoms with Gasteiger partial charge in [-0.3, -0.25) is 4.90 Å². The lowest BCUT2D eigenvalue weighted by Crippen LogP contribution is -2.27. The third kappa shape index (κ3) is 3.00. The summed E-state index contributed by atoms with van der Waals surface area (Å²) in [5, 5.41) is 0. The van der Waals surface area contributed by atoms with Gasteiger partial charge >= 0.3 is 0 Å². The number of hydrogen-bond donors (Lipinski definition) is 0. The van der Waals surface area contributed by atoms with E-state index in [0.717, 1.165) is 23.8 Å². The Kier molecular flexibility index (Phi) is 4.18. The largest absolute Gasteiger partial charge is 0.439 e. The van der Waals surface area contributed by atoms with Crippen LogP contribution in [-0.2, 0) is 13.0 Å². The van der Waals surface area contributed by atoms with Gasteiger partial charge in [-0.25, -0.2) is 4.98 Å². The van der Waals surface area contributed by atoms with Crippen LogP contribution in [0.1, 0.15) is 35.9 Å². The number of hydrogen-bond acceptors (Lipinski definition) is 3. The quantitative estimate of drug-likeness (QED) is 0.688. The van der Waals surface area contributed by atoms with Crippen molar-refractivity contribution in [2.24, 2.45) is 0 Å². The van der Waals surface area contributed by atoms with Crippen LogP contribution in [0.25, 0.3) is 11.3 Å². The van der Waals surface area contributed by atoms with Gasteiger partial charge < -0.3 is 4.42 Å². The van der Waals surface area contributed by atoms with Crippen molar-refractivity contribution in [2.45, 2.75) is 31.8 Å². The predicted octanol–water partition coefficient (Wildman–Crippen LogP) is 4.85. The molecule has 0 saturated heterocycles. The van der Waals surface area contributed by atoms with Crippen LogP contribution in [-0.4, -0.2) is 16.9 Å². The second-order valence-corrected chi connectivity index (χ2v) is 6.51. The van der Waals surface area contributed by atoms with Gasteiger partial charge in [0.25, 0.3) is 0 Å². The highest BCUT2D eigenvalue weighted by atomic mass is 16.4. The van der Waals surface area contributed by atoms with E-state index in [1.165, 1.54) is 30.4 Å². The van der Waals surface area contributed by atoms with Crippen molar-refractivity contribution in [3.05, 3.63) is 77.8 Å². The van der Waals surface area contributed by atoms with E-state index in [0.29, 0.717) is 6.04 Å². The fraction of sp³-hybridized carbons (Fsp3) is 0.286. The molecule has 2 aromatic carbocycles. The number of benzene rings is 2. The van der Waals surface area contributed by atoms with E-state index in [-0.39, 0.29) is 0 Å². The first-order valence-corrected chi connectivity index (χ1v) is 8.59. The highest BCUT2D eigenvalue weighted by molar-refractivity contribution is 5.55. The third-order valence-electron chi connectivity index (χ3n) is 4.87. The molecule has 3 aromatic rings. The molecular weight excluding hydrogens is 296 g/mol. The van der Waals surface area contributed by atoms with Gasteiger partial charge in [0.15, 0.2) is 5.76 Å². The zero-order valence-electron chi connectivity index (χ0n) is 14.0. The summed E-state index contributed by atoms with van der Waals surface area (Å²) in [7, 11) is 2.17. The molecule has 122 valence electrons. The van der Waals surface area contributed by atoms with Gasteiger partial charge in [0, 0.05) is 11.6 Å². The normalized spacial score (nSPS) is 17.0. The molecule has 0 saturated carbocycles. The van der Waals surface area contributed by atoms with E-state index in [9.17, 15) is 0 Å². The third-order valence-corrected chi connectivity index (χ3v) is 4.87. The van der Waals surface area contributed by atoms with Gasteiger partial charge in [0.1, 0.15) is 0 Å². The minimum absolute atomic E-state index is 0.446. The van der Waals surface area contributed by atoms with Crippen LogP contribution in [0.2, 0.25) is 0 Å². The summed E-state index contributed by atoms with van der Waals surface area (Å²) in [5.74, 6) is 1.61. The highest BCUT2D eigenvalue weighted by Gasteiger charge is 2.24. The maximum Gasteiger partial charge on any atom is 0.209 e. The molecule has 0 spiro atoms. The lowest BCUT2D eigenvalue weighted by molar-refractivity contribution is 0.195. The number of oxazole rings is 1. The van der Waals surface area contributed by atoms with Crippen LogP contribution in [0.4, 0.5) is 0 Å². The van der Waals surface area contributed by atoms with Crippen LogP contribution in [0, 0.1) is 0 Å². The Labute approximate surface area is 143 Å². The lowest BCUT2D eigenvalue weighted by atomic mass is 9.87. The van der Waals surface area contributed by atoms with Crippen LogP contribution >= 0.6 is 0 Å². The molecule has 1 aliphatic rings. The minimum atomic E-state index is 0.446. The van der Waals surface area contributed by atoms with Crippen molar-refractivity contribution in [2.75, 3.05) is 7.05 Å². The first-order chi connectivity index (χ1) is 11.8. The Morgan fingerprint density at radius 3 is 2.75 bits per heavy atom. The Morgan fingerprint density at radius 1 is 1.08 bits per heavy atom. The number of rotatable bonds is 4. The fourth-order valence-corrected chi connectivity index (χ4v) is 3.63. The molecule has 1 aliphatic carbocycles. The molecule has 1 heterocycles. The van der Waals surface area contributed by atoms with Crippen molar-refractivity contribution in [3.63, 3.8) is 0 Å². The van der Waals surface area contributed by atoms with E-state index in [1.54, 1.807) is 0 Å². The average Bonchev–Trinajstić information content (AvgIpc) is 3.10. The topological polar surface area (TPSA) is 29.3 Å². The van der Waals surface area contributed by atoms with Crippen molar-refractivity contribution in [1.29, 1.82) is 0 Å². The van der Waals surface area contributed by atoms with Crippen LogP contribution in [0.5, 0.6) is 0 Å². The molecule has 3 nitrogen and oxygen atoms in total. The summed E-state index contributed by atoms with van der Waals surface area (Å²) in [6, 6.07) is 19.4. The summed E-state index contributed by atoms with van der Waals surface area (Å²) in [5.41, 5.74) is 4.01.